The monoisotopic (exact) mass is 401 g/mol. The van der Waals surface area contributed by atoms with E-state index in [1.807, 2.05) is 66.7 Å². The van der Waals surface area contributed by atoms with Gasteiger partial charge in [-0.05, 0) is 77.2 Å². The molecule has 2 aliphatic heterocycles. The number of ether oxygens (including phenoxy) is 2. The van der Waals surface area contributed by atoms with Gasteiger partial charge in [-0.2, -0.15) is 0 Å². The van der Waals surface area contributed by atoms with E-state index in [0.717, 1.165) is 23.2 Å². The van der Waals surface area contributed by atoms with Crippen LogP contribution >= 0.6 is 0 Å². The Kier molecular flexibility index (Phi) is 5.76. The summed E-state index contributed by atoms with van der Waals surface area (Å²) in [5, 5.41) is 2.83. The maximum Gasteiger partial charge on any atom is 0.492 e. The normalized spacial score (nSPS) is 20.2. The largest absolute Gasteiger partial charge is 0.493 e. The van der Waals surface area contributed by atoms with Crippen LogP contribution in [-0.4, -0.2) is 43.2 Å². The van der Waals surface area contributed by atoms with Crippen molar-refractivity contribution in [3.8, 4) is 5.75 Å². The first kappa shape index (κ1) is 21.7. The van der Waals surface area contributed by atoms with Gasteiger partial charge in [-0.1, -0.05) is 12.1 Å². The molecule has 0 atom stereocenters. The molecule has 158 valence electrons. The zero-order valence-corrected chi connectivity index (χ0v) is 18.5. The molecule has 1 saturated heterocycles. The number of hydrogen-bond acceptors (Lipinski definition) is 5. The van der Waals surface area contributed by atoms with Gasteiger partial charge in [0.2, 0.25) is 0 Å². The zero-order valence-electron chi connectivity index (χ0n) is 18.5. The Hall–Kier alpha value is -1.99. The van der Waals surface area contributed by atoms with Crippen LogP contribution in [0, 0.1) is 0 Å². The number of benzene rings is 1. The van der Waals surface area contributed by atoms with E-state index in [1.165, 1.54) is 5.56 Å². The predicted molar refractivity (Wildman–Crippen MR) is 114 cm³/mol. The van der Waals surface area contributed by atoms with Crippen molar-refractivity contribution in [1.82, 2.24) is 5.32 Å². The molecule has 1 aromatic carbocycles. The first-order chi connectivity index (χ1) is 13.4. The van der Waals surface area contributed by atoms with Crippen LogP contribution < -0.4 is 10.1 Å². The van der Waals surface area contributed by atoms with Crippen molar-refractivity contribution in [3.63, 3.8) is 0 Å². The number of alkyl carbamates (subject to hydrolysis) is 1. The van der Waals surface area contributed by atoms with Crippen LogP contribution in [0.1, 0.15) is 59.6 Å². The van der Waals surface area contributed by atoms with Crippen LogP contribution in [0.4, 0.5) is 4.79 Å². The Morgan fingerprint density at radius 1 is 1.21 bits per heavy atom. The topological polar surface area (TPSA) is 66.0 Å². The number of rotatable bonds is 4. The molecule has 3 rings (SSSR count). The minimum Gasteiger partial charge on any atom is -0.493 e. The van der Waals surface area contributed by atoms with E-state index < -0.39 is 30.0 Å². The van der Waals surface area contributed by atoms with E-state index in [4.69, 9.17) is 18.8 Å². The van der Waals surface area contributed by atoms with Crippen LogP contribution in [0.15, 0.2) is 23.7 Å². The van der Waals surface area contributed by atoms with Crippen molar-refractivity contribution in [3.05, 3.63) is 34.8 Å². The van der Waals surface area contributed by atoms with Crippen LogP contribution in [0.5, 0.6) is 5.75 Å². The highest BCUT2D eigenvalue weighted by Crippen LogP contribution is 2.39. The molecule has 0 spiro atoms. The second-order valence-electron chi connectivity index (χ2n) is 9.63. The van der Waals surface area contributed by atoms with E-state index >= 15 is 0 Å². The van der Waals surface area contributed by atoms with Gasteiger partial charge in [0.05, 0.1) is 17.8 Å². The Morgan fingerprint density at radius 2 is 1.86 bits per heavy atom. The highest BCUT2D eigenvalue weighted by Gasteiger charge is 2.52. The summed E-state index contributed by atoms with van der Waals surface area (Å²) in [5.74, 6) is 0.936. The minimum atomic E-state index is -0.557. The lowest BCUT2D eigenvalue weighted by Crippen LogP contribution is -2.41. The highest BCUT2D eigenvalue weighted by atomic mass is 16.7. The summed E-state index contributed by atoms with van der Waals surface area (Å²) in [6.07, 6.45) is 2.44. The molecule has 1 aromatic rings. The smallest absolute Gasteiger partial charge is 0.492 e. The third kappa shape index (κ3) is 5.14. The summed E-state index contributed by atoms with van der Waals surface area (Å²) >= 11 is 0. The lowest BCUT2D eigenvalue weighted by Gasteiger charge is -2.32. The quantitative estimate of drug-likeness (QED) is 0.768. The molecule has 0 aliphatic carbocycles. The van der Waals surface area contributed by atoms with E-state index in [9.17, 15) is 4.79 Å². The number of hydrogen-bond donors (Lipinski definition) is 1. The molecular formula is C22H32BNO5. The molecule has 0 radical (unpaired) electrons. The summed E-state index contributed by atoms with van der Waals surface area (Å²) in [6.45, 7) is 14.5. The SMILES string of the molecule is CC(C)(C)OC(=O)NCC(=Cc1ccc2c(c1)CCO2)B1OC(C)(C)C(C)(C)O1. The zero-order chi connectivity index (χ0) is 21.4. The summed E-state index contributed by atoms with van der Waals surface area (Å²) in [6, 6.07) is 6.10. The van der Waals surface area contributed by atoms with Gasteiger partial charge in [0, 0.05) is 13.0 Å². The summed E-state index contributed by atoms with van der Waals surface area (Å²) < 4.78 is 23.4. The Balaban J connectivity index is 1.83. The lowest BCUT2D eigenvalue weighted by atomic mass is 9.77. The van der Waals surface area contributed by atoms with Gasteiger partial charge in [-0.15, -0.1) is 0 Å². The van der Waals surface area contributed by atoms with Crippen molar-refractivity contribution < 1.29 is 23.6 Å². The Bertz CT molecular complexity index is 794. The third-order valence-corrected chi connectivity index (χ3v) is 5.46. The van der Waals surface area contributed by atoms with Crippen molar-refractivity contribution >= 4 is 19.3 Å². The Labute approximate surface area is 174 Å². The van der Waals surface area contributed by atoms with Gasteiger partial charge in [0.15, 0.2) is 0 Å². The van der Waals surface area contributed by atoms with Crippen molar-refractivity contribution in [2.75, 3.05) is 13.2 Å². The molecule has 0 bridgehead atoms. The summed E-state index contributed by atoms with van der Waals surface area (Å²) in [4.78, 5) is 12.2. The van der Waals surface area contributed by atoms with Gasteiger partial charge in [-0.25, -0.2) is 4.79 Å². The summed E-state index contributed by atoms with van der Waals surface area (Å²) in [5.41, 5.74) is 1.55. The molecule has 0 saturated carbocycles. The van der Waals surface area contributed by atoms with Gasteiger partial charge in [-0.3, -0.25) is 0 Å². The number of amides is 1. The first-order valence-corrected chi connectivity index (χ1v) is 10.1. The molecule has 7 heteroatoms. The van der Waals surface area contributed by atoms with Crippen LogP contribution in [0.25, 0.3) is 6.08 Å². The average Bonchev–Trinajstić information content (AvgIpc) is 3.11. The van der Waals surface area contributed by atoms with E-state index in [0.29, 0.717) is 6.61 Å². The molecular weight excluding hydrogens is 369 g/mol. The maximum atomic E-state index is 12.2. The standard InChI is InChI=1S/C22H32BNO5/c1-20(2,3)27-19(25)24-14-17(23-28-21(4,5)22(6,7)29-23)13-15-8-9-18-16(12-15)10-11-26-18/h8-9,12-13H,10-11,14H2,1-7H3,(H,24,25). The molecule has 2 heterocycles. The van der Waals surface area contributed by atoms with Crippen LogP contribution in [0.3, 0.4) is 0 Å². The second-order valence-corrected chi connectivity index (χ2v) is 9.63. The predicted octanol–water partition coefficient (Wildman–Crippen LogP) is 4.16. The Morgan fingerprint density at radius 3 is 2.48 bits per heavy atom. The molecule has 1 fully saturated rings. The van der Waals surface area contributed by atoms with Gasteiger partial charge in [0.1, 0.15) is 11.4 Å². The molecule has 0 aromatic heterocycles. The van der Waals surface area contributed by atoms with E-state index in [-0.39, 0.29) is 6.54 Å². The molecule has 1 amide bonds. The van der Waals surface area contributed by atoms with Gasteiger partial charge in [0.25, 0.3) is 0 Å². The van der Waals surface area contributed by atoms with Crippen molar-refractivity contribution in [2.45, 2.75) is 71.7 Å². The molecule has 2 aliphatic rings. The van der Waals surface area contributed by atoms with Gasteiger partial charge < -0.3 is 24.1 Å². The second kappa shape index (κ2) is 7.69. The van der Waals surface area contributed by atoms with Crippen LogP contribution in [0.2, 0.25) is 0 Å². The van der Waals surface area contributed by atoms with Crippen LogP contribution in [-0.2, 0) is 20.5 Å². The molecule has 6 nitrogen and oxygen atoms in total. The fourth-order valence-corrected chi connectivity index (χ4v) is 3.20. The van der Waals surface area contributed by atoms with Crippen molar-refractivity contribution in [2.24, 2.45) is 0 Å². The molecule has 0 unspecified atom stereocenters. The fraction of sp³-hybridized carbons (Fsp3) is 0.591. The van der Waals surface area contributed by atoms with E-state index in [2.05, 4.69) is 11.4 Å². The minimum absolute atomic E-state index is 0.263. The van der Waals surface area contributed by atoms with E-state index in [1.54, 1.807) is 0 Å². The number of nitrogens with one attached hydrogen (secondary N) is 1. The number of carbonyl (C=O) groups excluding carboxylic acids is 1. The fourth-order valence-electron chi connectivity index (χ4n) is 3.20. The third-order valence-electron chi connectivity index (χ3n) is 5.46. The summed E-state index contributed by atoms with van der Waals surface area (Å²) in [7, 11) is -0.556. The highest BCUT2D eigenvalue weighted by molar-refractivity contribution is 6.56. The number of fused-ring (bicyclic) bond motifs is 1. The first-order valence-electron chi connectivity index (χ1n) is 10.1. The lowest BCUT2D eigenvalue weighted by molar-refractivity contribution is 0.00578. The van der Waals surface area contributed by atoms with Crippen molar-refractivity contribution in [1.29, 1.82) is 0 Å². The molecule has 29 heavy (non-hydrogen) atoms. The van der Waals surface area contributed by atoms with Gasteiger partial charge >= 0.3 is 13.2 Å². The number of carbonyl (C=O) groups is 1. The molecule has 1 N–H and O–H groups in total. The average molecular weight is 401 g/mol. The maximum absolute atomic E-state index is 12.2.